The number of para-hydroxylation sites is 1. The zero-order valence-corrected chi connectivity index (χ0v) is 21.6. The summed E-state index contributed by atoms with van der Waals surface area (Å²) in [7, 11) is 5.11. The Balaban J connectivity index is 0.000000301. The van der Waals surface area contributed by atoms with Gasteiger partial charge in [0, 0.05) is 99.2 Å². The molecule has 5 rings (SSSR count). The molecule has 9 heteroatoms. The fourth-order valence-electron chi connectivity index (χ4n) is 4.30. The van der Waals surface area contributed by atoms with E-state index in [1.807, 2.05) is 36.5 Å². The molecule has 0 bridgehead atoms. The third-order valence-corrected chi connectivity index (χ3v) is 6.28. The summed E-state index contributed by atoms with van der Waals surface area (Å²) in [5.74, 6) is 0.716. The van der Waals surface area contributed by atoms with Crippen molar-refractivity contribution in [2.45, 2.75) is 0 Å². The molecule has 0 aliphatic carbocycles. The maximum atomic E-state index is 12.3. The first-order valence-corrected chi connectivity index (χ1v) is 12.3. The number of H-pyrrole nitrogens is 1. The number of aromatic nitrogens is 3. The van der Waals surface area contributed by atoms with Crippen molar-refractivity contribution in [3.63, 3.8) is 0 Å². The van der Waals surface area contributed by atoms with Crippen molar-refractivity contribution in [1.29, 1.82) is 0 Å². The molecular formula is C28H34N6O3. The van der Waals surface area contributed by atoms with E-state index in [9.17, 15) is 4.79 Å². The number of aromatic amines is 1. The van der Waals surface area contributed by atoms with Crippen LogP contribution in [0.25, 0.3) is 33.3 Å². The number of benzene rings is 1. The van der Waals surface area contributed by atoms with Crippen LogP contribution in [0, 0.1) is 0 Å². The van der Waals surface area contributed by atoms with Crippen molar-refractivity contribution in [2.75, 3.05) is 60.5 Å². The highest BCUT2D eigenvalue weighted by Gasteiger charge is 2.14. The highest BCUT2D eigenvalue weighted by molar-refractivity contribution is 5.98. The molecule has 3 aromatic heterocycles. The van der Waals surface area contributed by atoms with Crippen molar-refractivity contribution in [3.05, 3.63) is 66.7 Å². The van der Waals surface area contributed by atoms with Crippen molar-refractivity contribution >= 4 is 16.9 Å². The highest BCUT2D eigenvalue weighted by atomic mass is 16.5. The molecule has 0 atom stereocenters. The number of carbonyl (C=O) groups excluding carboxylic acids is 1. The van der Waals surface area contributed by atoms with E-state index >= 15 is 0 Å². The number of nitrogens with zero attached hydrogens (tertiary/aromatic N) is 4. The maximum Gasteiger partial charge on any atom is 0.254 e. The van der Waals surface area contributed by atoms with Gasteiger partial charge in [0.2, 0.25) is 0 Å². The Kier molecular flexibility index (Phi) is 8.84. The number of amides is 1. The number of hydrogen-bond donors (Lipinski definition) is 3. The molecule has 9 nitrogen and oxygen atoms in total. The number of β-amino-alcohol motifs (C(OH)–C–C–N with tert-alkyl or cyclic N) is 1. The molecule has 1 saturated heterocycles. The van der Waals surface area contributed by atoms with Gasteiger partial charge >= 0.3 is 0 Å². The van der Waals surface area contributed by atoms with Crippen molar-refractivity contribution < 1.29 is 14.6 Å². The van der Waals surface area contributed by atoms with Crippen LogP contribution in [-0.4, -0.2) is 96.3 Å². The lowest BCUT2D eigenvalue weighted by Crippen LogP contribution is -2.44. The Bertz CT molecular complexity index is 1330. The summed E-state index contributed by atoms with van der Waals surface area (Å²) >= 11 is 0. The van der Waals surface area contributed by atoms with E-state index < -0.39 is 0 Å². The minimum Gasteiger partial charge on any atom is -0.496 e. The molecular weight excluding hydrogens is 468 g/mol. The molecule has 1 aromatic carbocycles. The lowest BCUT2D eigenvalue weighted by atomic mass is 10.0. The normalized spacial score (nSPS) is 13.6. The van der Waals surface area contributed by atoms with Gasteiger partial charge in [0.25, 0.3) is 5.91 Å². The first-order valence-electron chi connectivity index (χ1n) is 12.3. The van der Waals surface area contributed by atoms with Gasteiger partial charge in [0.1, 0.15) is 11.4 Å². The molecule has 0 spiro atoms. The monoisotopic (exact) mass is 502 g/mol. The summed E-state index contributed by atoms with van der Waals surface area (Å²) in [6, 6.07) is 11.8. The van der Waals surface area contributed by atoms with Crippen LogP contribution >= 0.6 is 0 Å². The van der Waals surface area contributed by atoms with Crippen LogP contribution < -0.4 is 10.1 Å². The van der Waals surface area contributed by atoms with E-state index in [4.69, 9.17) is 9.84 Å². The van der Waals surface area contributed by atoms with Crippen LogP contribution in [0.5, 0.6) is 5.75 Å². The molecule has 0 unspecified atom stereocenters. The van der Waals surface area contributed by atoms with E-state index in [0.717, 1.165) is 71.8 Å². The smallest absolute Gasteiger partial charge is 0.254 e. The molecule has 1 aliphatic heterocycles. The number of pyridine rings is 2. The zero-order valence-electron chi connectivity index (χ0n) is 21.6. The van der Waals surface area contributed by atoms with E-state index in [1.165, 1.54) is 4.90 Å². The van der Waals surface area contributed by atoms with Crippen LogP contribution in [0.15, 0.2) is 61.2 Å². The average Bonchev–Trinajstić information content (AvgIpc) is 3.37. The minimum atomic E-state index is -0.0836. The van der Waals surface area contributed by atoms with Gasteiger partial charge < -0.3 is 25.0 Å². The number of nitrogens with one attached hydrogen (secondary N) is 2. The second-order valence-electron chi connectivity index (χ2n) is 9.00. The van der Waals surface area contributed by atoms with Crippen LogP contribution in [0.4, 0.5) is 0 Å². The molecule has 0 saturated carbocycles. The number of aliphatic hydroxyl groups excluding tert-OH is 1. The minimum absolute atomic E-state index is 0.0836. The molecule has 1 aliphatic rings. The molecule has 1 fully saturated rings. The lowest BCUT2D eigenvalue weighted by Gasteiger charge is -2.25. The Morgan fingerprint density at radius 3 is 2.57 bits per heavy atom. The first kappa shape index (κ1) is 26.3. The summed E-state index contributed by atoms with van der Waals surface area (Å²) in [4.78, 5) is 28.1. The number of hydrogen-bond acceptors (Lipinski definition) is 7. The third-order valence-electron chi connectivity index (χ3n) is 6.28. The quantitative estimate of drug-likeness (QED) is 0.372. The fraction of sp³-hybridized carbons (Fsp3) is 0.321. The number of piperazine rings is 1. The van der Waals surface area contributed by atoms with E-state index in [0.29, 0.717) is 12.2 Å². The number of ether oxygens (including phenoxy) is 1. The second kappa shape index (κ2) is 12.4. The van der Waals surface area contributed by atoms with Gasteiger partial charge in [0.15, 0.2) is 0 Å². The van der Waals surface area contributed by atoms with Gasteiger partial charge in [-0.3, -0.25) is 14.7 Å². The van der Waals surface area contributed by atoms with Gasteiger partial charge in [-0.15, -0.1) is 0 Å². The zero-order chi connectivity index (χ0) is 26.2. The third kappa shape index (κ3) is 6.32. The van der Waals surface area contributed by atoms with Crippen LogP contribution in [-0.2, 0) is 0 Å². The lowest BCUT2D eigenvalue weighted by molar-refractivity contribution is 0.0827. The summed E-state index contributed by atoms with van der Waals surface area (Å²) in [5.41, 5.74) is 5.07. The Hall–Kier alpha value is -3.79. The van der Waals surface area contributed by atoms with E-state index in [-0.39, 0.29) is 5.91 Å². The van der Waals surface area contributed by atoms with Crippen LogP contribution in [0.3, 0.4) is 0 Å². The number of methoxy groups -OCH3 is 1. The predicted molar refractivity (Wildman–Crippen MR) is 146 cm³/mol. The Morgan fingerprint density at radius 1 is 1.08 bits per heavy atom. The molecule has 4 aromatic rings. The largest absolute Gasteiger partial charge is 0.496 e. The van der Waals surface area contributed by atoms with Gasteiger partial charge in [-0.1, -0.05) is 18.2 Å². The molecule has 4 heterocycles. The molecule has 3 N–H and O–H groups in total. The Labute approximate surface area is 217 Å². The number of aliphatic hydroxyl groups is 1. The van der Waals surface area contributed by atoms with Gasteiger partial charge in [-0.25, -0.2) is 4.98 Å². The van der Waals surface area contributed by atoms with Crippen LogP contribution in [0.1, 0.15) is 10.4 Å². The predicted octanol–water partition coefficient (Wildman–Crippen LogP) is 2.89. The summed E-state index contributed by atoms with van der Waals surface area (Å²) in [6.45, 7) is 5.43. The average molecular weight is 503 g/mol. The standard InChI is InChI=1S/C22H20N4O2.C6H14N2O/c1-26(2)22(27)16-8-14(10-23-11-16)15-9-18-19(13-25-21(18)24-12-15)17-6-4-5-7-20(17)28-3;9-6-5-8-3-1-7-2-4-8/h4-13H,1-3H3,(H,24,25);7,9H,1-6H2. The van der Waals surface area contributed by atoms with Gasteiger partial charge in [0.05, 0.1) is 19.3 Å². The fourth-order valence-corrected chi connectivity index (χ4v) is 4.30. The number of fused-ring (bicyclic) bond motifs is 1. The Morgan fingerprint density at radius 2 is 1.84 bits per heavy atom. The second-order valence-corrected chi connectivity index (χ2v) is 9.00. The summed E-state index contributed by atoms with van der Waals surface area (Å²) < 4.78 is 5.51. The molecule has 194 valence electrons. The van der Waals surface area contributed by atoms with Crippen molar-refractivity contribution in [1.82, 2.24) is 30.1 Å². The van der Waals surface area contributed by atoms with Crippen LogP contribution in [0.2, 0.25) is 0 Å². The maximum absolute atomic E-state index is 12.3. The number of rotatable bonds is 6. The van der Waals surface area contributed by atoms with Crippen molar-refractivity contribution in [3.8, 4) is 28.0 Å². The number of carbonyl (C=O) groups is 1. The van der Waals surface area contributed by atoms with Gasteiger partial charge in [-0.2, -0.15) is 0 Å². The summed E-state index contributed by atoms with van der Waals surface area (Å²) in [6.07, 6.45) is 7.04. The molecule has 1 amide bonds. The highest BCUT2D eigenvalue weighted by Crippen LogP contribution is 2.35. The van der Waals surface area contributed by atoms with E-state index in [2.05, 4.69) is 31.2 Å². The topological polar surface area (TPSA) is 107 Å². The van der Waals surface area contributed by atoms with E-state index in [1.54, 1.807) is 39.8 Å². The summed E-state index contributed by atoms with van der Waals surface area (Å²) in [5, 5.41) is 12.8. The van der Waals surface area contributed by atoms with Crippen molar-refractivity contribution in [2.24, 2.45) is 0 Å². The molecule has 37 heavy (non-hydrogen) atoms. The SMILES string of the molecule is COc1ccccc1-c1c[nH]c2ncc(-c3cncc(C(=O)N(C)C)c3)cc12.OCCN1CCNCC1. The van der Waals surface area contributed by atoms with Gasteiger partial charge in [-0.05, 0) is 18.2 Å². The molecule has 0 radical (unpaired) electrons. The first-order chi connectivity index (χ1) is 18.0.